The van der Waals surface area contributed by atoms with Gasteiger partial charge in [-0.15, -0.1) is 0 Å². The first kappa shape index (κ1) is 21.0. The molecule has 0 amide bonds. The second kappa shape index (κ2) is 10.1. The number of carbonyl (C=O) groups excluding carboxylic acids is 1. The number of hydroxylamine groups is 2. The fourth-order valence-corrected chi connectivity index (χ4v) is 6.43. The number of ketones is 1. The maximum Gasteiger partial charge on any atom is 0.190 e. The van der Waals surface area contributed by atoms with Gasteiger partial charge < -0.3 is 10.1 Å². The van der Waals surface area contributed by atoms with Crippen molar-refractivity contribution in [1.82, 2.24) is 0 Å². The summed E-state index contributed by atoms with van der Waals surface area (Å²) in [5.74, 6) is 2.14. The van der Waals surface area contributed by atoms with Crippen molar-refractivity contribution < 1.29 is 20.1 Å². The van der Waals surface area contributed by atoms with Crippen molar-refractivity contribution in [1.29, 1.82) is 0 Å². The molecule has 3 N–H and O–H groups in total. The largest absolute Gasteiger partial charge is 0.600 e. The lowest BCUT2D eigenvalue weighted by molar-refractivity contribution is -1.07. The number of carbonyl (C=O) groups is 1. The zero-order valence-electron chi connectivity index (χ0n) is 15.9. The highest BCUT2D eigenvalue weighted by molar-refractivity contribution is 14.1. The smallest absolute Gasteiger partial charge is 0.190 e. The summed E-state index contributed by atoms with van der Waals surface area (Å²) in [6.07, 6.45) is 13.4. The zero-order valence-corrected chi connectivity index (χ0v) is 18.1. The van der Waals surface area contributed by atoms with Gasteiger partial charge >= 0.3 is 0 Å². The molecule has 1 saturated heterocycles. The predicted molar refractivity (Wildman–Crippen MR) is 110 cm³/mol. The van der Waals surface area contributed by atoms with Crippen LogP contribution in [-0.2, 0) is 4.79 Å². The summed E-state index contributed by atoms with van der Waals surface area (Å²) >= 11 is 2.25. The molecule has 2 aliphatic carbocycles. The second-order valence-electron chi connectivity index (χ2n) is 9.05. The third kappa shape index (κ3) is 5.87. The van der Waals surface area contributed by atoms with Gasteiger partial charge in [0.2, 0.25) is 0 Å². The van der Waals surface area contributed by atoms with E-state index in [4.69, 9.17) is 0 Å². The molecule has 0 aromatic heterocycles. The van der Waals surface area contributed by atoms with Crippen LogP contribution >= 0.6 is 22.6 Å². The van der Waals surface area contributed by atoms with Crippen LogP contribution in [-0.4, -0.2) is 40.6 Å². The molecule has 0 bridgehead atoms. The third-order valence-corrected chi connectivity index (χ3v) is 8.66. The summed E-state index contributed by atoms with van der Waals surface area (Å²) in [6, 6.07) is -0.338. The summed E-state index contributed by atoms with van der Waals surface area (Å²) in [5.41, 5.74) is 0. The summed E-state index contributed by atoms with van der Waals surface area (Å²) in [5, 5.41) is 20.0. The Kier molecular flexibility index (Phi) is 8.18. The summed E-state index contributed by atoms with van der Waals surface area (Å²) in [4.78, 5) is 14.2. The van der Waals surface area contributed by atoms with Gasteiger partial charge in [-0.25, -0.2) is 10.4 Å². The van der Waals surface area contributed by atoms with E-state index in [1.807, 2.05) is 0 Å². The van der Waals surface area contributed by atoms with Gasteiger partial charge in [-0.2, -0.15) is 0 Å². The minimum absolute atomic E-state index is 0.0189. The number of rotatable bonds is 6. The Morgan fingerprint density at radius 1 is 1.04 bits per heavy atom. The van der Waals surface area contributed by atoms with Crippen LogP contribution in [0.4, 0.5) is 0 Å². The molecule has 1 heterocycles. The highest BCUT2D eigenvalue weighted by Crippen LogP contribution is 2.31. The Morgan fingerprint density at radius 3 is 2.35 bits per heavy atom. The van der Waals surface area contributed by atoms with Crippen LogP contribution in [0.5, 0.6) is 0 Å². The predicted octanol–water partition coefficient (Wildman–Crippen LogP) is 1.56. The Bertz CT molecular complexity index is 448. The Balaban J connectivity index is 1.39. The van der Waals surface area contributed by atoms with Crippen LogP contribution in [0, 0.1) is 23.0 Å². The summed E-state index contributed by atoms with van der Waals surface area (Å²) in [7, 11) is 0. The van der Waals surface area contributed by atoms with Gasteiger partial charge in [-0.05, 0) is 43.9 Å². The lowest BCUT2D eigenvalue weighted by Gasteiger charge is -2.36. The molecule has 5 nitrogen and oxygen atoms in total. The first-order valence-corrected chi connectivity index (χ1v) is 12.0. The molecule has 0 aromatic carbocycles. The SMILES string of the molecule is O=C(C[NH+]1CCC(CC2CCCCC2)CC1)C1CCC(I)C([NH+]([O-])O)C1. The van der Waals surface area contributed by atoms with Crippen molar-refractivity contribution in [2.45, 2.75) is 80.6 Å². The zero-order chi connectivity index (χ0) is 18.5. The minimum Gasteiger partial charge on any atom is -0.600 e. The fraction of sp³-hybridized carbons (Fsp3) is 0.950. The van der Waals surface area contributed by atoms with E-state index in [1.54, 1.807) is 0 Å². The molecule has 0 aromatic rings. The van der Waals surface area contributed by atoms with Gasteiger partial charge in [0, 0.05) is 12.3 Å². The van der Waals surface area contributed by atoms with E-state index >= 15 is 0 Å². The van der Waals surface area contributed by atoms with Gasteiger partial charge in [-0.1, -0.05) is 54.7 Å². The number of piperidine rings is 1. The maximum atomic E-state index is 12.7. The van der Waals surface area contributed by atoms with Gasteiger partial charge in [0.25, 0.3) is 0 Å². The molecule has 1 aliphatic heterocycles. The van der Waals surface area contributed by atoms with E-state index < -0.39 is 5.23 Å². The lowest BCUT2D eigenvalue weighted by Crippen LogP contribution is -3.14. The van der Waals surface area contributed by atoms with Crippen molar-refractivity contribution in [3.05, 3.63) is 5.21 Å². The van der Waals surface area contributed by atoms with Gasteiger partial charge in [-0.3, -0.25) is 4.79 Å². The van der Waals surface area contributed by atoms with Crippen LogP contribution < -0.4 is 10.1 Å². The Morgan fingerprint density at radius 2 is 1.69 bits per heavy atom. The van der Waals surface area contributed by atoms with Gasteiger partial charge in [0.1, 0.15) is 12.6 Å². The lowest BCUT2D eigenvalue weighted by atomic mass is 9.79. The van der Waals surface area contributed by atoms with Crippen LogP contribution in [0.25, 0.3) is 0 Å². The molecular formula is C20H36IN2O3+. The van der Waals surface area contributed by atoms with Crippen LogP contribution in [0.1, 0.15) is 70.6 Å². The van der Waals surface area contributed by atoms with Crippen LogP contribution in [0.3, 0.4) is 0 Å². The van der Waals surface area contributed by atoms with E-state index in [9.17, 15) is 15.2 Å². The molecule has 0 spiro atoms. The van der Waals surface area contributed by atoms with Crippen LogP contribution in [0.2, 0.25) is 0 Å². The number of halogens is 1. The second-order valence-corrected chi connectivity index (χ2v) is 10.6. The standard InChI is InChI=1S/C20H35IN2O3/c21-18-7-6-17(13-19(18)23(25)26)20(24)14-22-10-8-16(9-11-22)12-15-4-2-1-3-5-15/h15-19,23,25H,1-14H2/p+1. The van der Waals surface area contributed by atoms with E-state index in [0.717, 1.165) is 37.8 Å². The van der Waals surface area contributed by atoms with E-state index in [-0.39, 0.29) is 15.9 Å². The molecule has 4 atom stereocenters. The normalized spacial score (nSPS) is 38.0. The Hall–Kier alpha value is 0.240. The number of Topliss-reactive ketones (excluding diaryl/α,β-unsaturated/α-hetero) is 1. The molecular weight excluding hydrogens is 443 g/mol. The van der Waals surface area contributed by atoms with Gasteiger partial charge in [0.05, 0.1) is 17.0 Å². The molecule has 26 heavy (non-hydrogen) atoms. The van der Waals surface area contributed by atoms with Crippen molar-refractivity contribution in [3.63, 3.8) is 0 Å². The summed E-state index contributed by atoms with van der Waals surface area (Å²) in [6.45, 7) is 2.89. The van der Waals surface area contributed by atoms with Crippen molar-refractivity contribution in [2.24, 2.45) is 17.8 Å². The maximum absolute atomic E-state index is 12.7. The van der Waals surface area contributed by atoms with Crippen molar-refractivity contribution >= 4 is 28.4 Å². The fourth-order valence-electron chi connectivity index (χ4n) is 5.46. The molecule has 2 saturated carbocycles. The average molecular weight is 479 g/mol. The average Bonchev–Trinajstić information content (AvgIpc) is 2.64. The molecule has 150 valence electrons. The molecule has 3 fully saturated rings. The monoisotopic (exact) mass is 479 g/mol. The number of hydrogen-bond acceptors (Lipinski definition) is 3. The van der Waals surface area contributed by atoms with Crippen molar-refractivity contribution in [2.75, 3.05) is 19.6 Å². The van der Waals surface area contributed by atoms with Gasteiger partial charge in [0.15, 0.2) is 5.78 Å². The van der Waals surface area contributed by atoms with E-state index in [2.05, 4.69) is 22.6 Å². The highest BCUT2D eigenvalue weighted by atomic mass is 127. The number of likely N-dealkylation sites (tertiary alicyclic amines) is 1. The number of hydrogen-bond donors (Lipinski definition) is 3. The Labute approximate surface area is 171 Å². The minimum atomic E-state index is -0.724. The third-order valence-electron chi connectivity index (χ3n) is 7.17. The number of alkyl halides is 1. The highest BCUT2D eigenvalue weighted by Gasteiger charge is 2.38. The van der Waals surface area contributed by atoms with E-state index in [1.165, 1.54) is 56.3 Å². The van der Waals surface area contributed by atoms with Crippen LogP contribution in [0.15, 0.2) is 0 Å². The summed E-state index contributed by atoms with van der Waals surface area (Å²) < 4.78 is 0.178. The quantitative estimate of drug-likeness (QED) is 0.308. The topological polar surface area (TPSA) is 69.2 Å². The molecule has 3 rings (SSSR count). The first-order chi connectivity index (χ1) is 12.5. The first-order valence-electron chi connectivity index (χ1n) is 10.8. The molecule has 0 radical (unpaired) electrons. The molecule has 6 heteroatoms. The van der Waals surface area contributed by atoms with E-state index in [0.29, 0.717) is 18.7 Å². The number of nitrogens with one attached hydrogen (secondary N) is 2. The molecule has 4 unspecified atom stereocenters. The molecule has 3 aliphatic rings. The number of quaternary nitrogens is 2. The van der Waals surface area contributed by atoms with Crippen molar-refractivity contribution in [3.8, 4) is 0 Å².